The molecule has 0 bridgehead atoms. The number of carbonyl (C=O) groups excluding carboxylic acids is 2. The van der Waals surface area contributed by atoms with Gasteiger partial charge in [0.25, 0.3) is 11.7 Å². The molecule has 172 valence electrons. The molecular weight excluding hydrogens is 420 g/mol. The molecule has 8 nitrogen and oxygen atoms in total. The highest BCUT2D eigenvalue weighted by atomic mass is 16.5. The fourth-order valence-electron chi connectivity index (χ4n) is 4.33. The van der Waals surface area contributed by atoms with Gasteiger partial charge >= 0.3 is 0 Å². The van der Waals surface area contributed by atoms with E-state index in [0.717, 1.165) is 12.1 Å². The molecule has 4 rings (SSSR count). The van der Waals surface area contributed by atoms with Crippen molar-refractivity contribution in [1.82, 2.24) is 19.2 Å². The van der Waals surface area contributed by atoms with E-state index in [1.807, 2.05) is 49.3 Å². The molecule has 3 aromatic rings. The van der Waals surface area contributed by atoms with Gasteiger partial charge in [0.1, 0.15) is 17.1 Å². The SMILES string of the molecule is COc1ccc([C@H]2C(=C(O)c3c(C)nc4ccccn34)C(=O)C(=O)N2CCCN(C)C)cc1. The number of aliphatic hydroxyl groups is 1. The average Bonchev–Trinajstić information content (AvgIpc) is 3.27. The maximum absolute atomic E-state index is 13.2. The van der Waals surface area contributed by atoms with Crippen LogP contribution in [0.1, 0.15) is 29.4 Å². The number of methoxy groups -OCH3 is 1. The largest absolute Gasteiger partial charge is 0.505 e. The van der Waals surface area contributed by atoms with Crippen molar-refractivity contribution in [2.45, 2.75) is 19.4 Å². The molecule has 2 aromatic heterocycles. The molecule has 1 saturated heterocycles. The monoisotopic (exact) mass is 448 g/mol. The number of Topliss-reactive ketones (excluding diaryl/α,β-unsaturated/α-hetero) is 1. The zero-order valence-corrected chi connectivity index (χ0v) is 19.3. The summed E-state index contributed by atoms with van der Waals surface area (Å²) < 4.78 is 6.99. The van der Waals surface area contributed by atoms with Gasteiger partial charge in [-0.1, -0.05) is 18.2 Å². The predicted molar refractivity (Wildman–Crippen MR) is 125 cm³/mol. The van der Waals surface area contributed by atoms with Crippen LogP contribution in [0.2, 0.25) is 0 Å². The van der Waals surface area contributed by atoms with Gasteiger partial charge in [-0.05, 0) is 63.8 Å². The number of benzene rings is 1. The molecule has 0 saturated carbocycles. The minimum atomic E-state index is -0.702. The van der Waals surface area contributed by atoms with Crippen LogP contribution in [0.15, 0.2) is 54.2 Å². The third kappa shape index (κ3) is 4.09. The lowest BCUT2D eigenvalue weighted by Gasteiger charge is -2.26. The summed E-state index contributed by atoms with van der Waals surface area (Å²) in [4.78, 5) is 34.4. The summed E-state index contributed by atoms with van der Waals surface area (Å²) in [5, 5.41) is 11.4. The summed E-state index contributed by atoms with van der Waals surface area (Å²) in [5.74, 6) is -0.854. The lowest BCUT2D eigenvalue weighted by atomic mass is 9.96. The number of aliphatic hydroxyl groups excluding tert-OH is 1. The van der Waals surface area contributed by atoms with E-state index in [-0.39, 0.29) is 11.3 Å². The molecule has 0 spiro atoms. The van der Waals surface area contributed by atoms with E-state index in [1.165, 1.54) is 0 Å². The normalized spacial score (nSPS) is 18.0. The van der Waals surface area contributed by atoms with Gasteiger partial charge < -0.3 is 19.6 Å². The van der Waals surface area contributed by atoms with Crippen LogP contribution in [0, 0.1) is 6.92 Å². The second-order valence-electron chi connectivity index (χ2n) is 8.40. The number of rotatable bonds is 7. The van der Waals surface area contributed by atoms with E-state index >= 15 is 0 Å². The summed E-state index contributed by atoms with van der Waals surface area (Å²) in [5.41, 5.74) is 2.44. The minimum Gasteiger partial charge on any atom is -0.505 e. The van der Waals surface area contributed by atoms with E-state index in [0.29, 0.717) is 35.8 Å². The highest BCUT2D eigenvalue weighted by molar-refractivity contribution is 6.46. The quantitative estimate of drug-likeness (QED) is 0.340. The summed E-state index contributed by atoms with van der Waals surface area (Å²) in [6.07, 6.45) is 2.47. The van der Waals surface area contributed by atoms with Crippen LogP contribution < -0.4 is 4.74 Å². The molecule has 1 aliphatic heterocycles. The van der Waals surface area contributed by atoms with Crippen LogP contribution in [0.3, 0.4) is 0 Å². The van der Waals surface area contributed by atoms with Crippen LogP contribution >= 0.6 is 0 Å². The van der Waals surface area contributed by atoms with E-state index in [4.69, 9.17) is 4.74 Å². The Hall–Kier alpha value is -3.65. The Morgan fingerprint density at radius 1 is 1.15 bits per heavy atom. The first kappa shape index (κ1) is 22.5. The van der Waals surface area contributed by atoms with Crippen molar-refractivity contribution in [3.05, 3.63) is 71.2 Å². The topological polar surface area (TPSA) is 87.4 Å². The fraction of sp³-hybridized carbons (Fsp3) is 0.320. The smallest absolute Gasteiger partial charge is 0.295 e. The number of aryl methyl sites for hydroxylation is 1. The van der Waals surface area contributed by atoms with Crippen molar-refractivity contribution in [2.24, 2.45) is 0 Å². The van der Waals surface area contributed by atoms with Crippen LogP contribution in [0.5, 0.6) is 5.75 Å². The van der Waals surface area contributed by atoms with E-state index in [9.17, 15) is 14.7 Å². The Kier molecular flexibility index (Phi) is 6.20. The standard InChI is InChI=1S/C25H28N4O4/c1-16-21(28-14-6-5-8-19(28)26-16)23(30)20-22(17-9-11-18(33-4)12-10-17)29(25(32)24(20)31)15-7-13-27(2)3/h5-6,8-12,14,22,30H,7,13,15H2,1-4H3/t22-/m0/s1. The van der Waals surface area contributed by atoms with Crippen LogP contribution in [0.25, 0.3) is 11.4 Å². The van der Waals surface area contributed by atoms with Gasteiger partial charge in [-0.3, -0.25) is 14.0 Å². The number of carbonyl (C=O) groups is 2. The molecule has 0 radical (unpaired) electrons. The van der Waals surface area contributed by atoms with E-state index in [2.05, 4.69) is 4.98 Å². The highest BCUT2D eigenvalue weighted by Gasteiger charge is 2.46. The van der Waals surface area contributed by atoms with Crippen molar-refractivity contribution >= 4 is 23.1 Å². The van der Waals surface area contributed by atoms with Gasteiger partial charge in [0.05, 0.1) is 24.4 Å². The molecule has 1 amide bonds. The van der Waals surface area contributed by atoms with Crippen molar-refractivity contribution in [2.75, 3.05) is 34.3 Å². The molecule has 1 aromatic carbocycles. The second-order valence-corrected chi connectivity index (χ2v) is 8.40. The number of nitrogens with zero attached hydrogens (tertiary/aromatic N) is 4. The van der Waals surface area contributed by atoms with Crippen LogP contribution in [-0.4, -0.2) is 70.3 Å². The summed E-state index contributed by atoms with van der Waals surface area (Å²) in [6.45, 7) is 2.94. The maximum Gasteiger partial charge on any atom is 0.295 e. The third-order valence-electron chi connectivity index (χ3n) is 5.90. The molecule has 3 heterocycles. The van der Waals surface area contributed by atoms with E-state index in [1.54, 1.807) is 41.7 Å². The zero-order valence-electron chi connectivity index (χ0n) is 19.3. The molecule has 0 aliphatic carbocycles. The Morgan fingerprint density at radius 3 is 2.55 bits per heavy atom. The van der Waals surface area contributed by atoms with E-state index < -0.39 is 17.7 Å². The Bertz CT molecular complexity index is 1230. The lowest BCUT2D eigenvalue weighted by Crippen LogP contribution is -2.32. The zero-order chi connectivity index (χ0) is 23.7. The number of hydrogen-bond donors (Lipinski definition) is 1. The number of ketones is 1. The molecule has 1 atom stereocenters. The Balaban J connectivity index is 1.87. The van der Waals surface area contributed by atoms with Crippen molar-refractivity contribution < 1.29 is 19.4 Å². The molecule has 0 unspecified atom stereocenters. The first-order valence-electron chi connectivity index (χ1n) is 10.8. The number of imidazole rings is 1. The first-order valence-corrected chi connectivity index (χ1v) is 10.8. The Morgan fingerprint density at radius 2 is 1.88 bits per heavy atom. The lowest BCUT2D eigenvalue weighted by molar-refractivity contribution is -0.139. The number of hydrogen-bond acceptors (Lipinski definition) is 6. The predicted octanol–water partition coefficient (Wildman–Crippen LogP) is 3.02. The summed E-state index contributed by atoms with van der Waals surface area (Å²) in [7, 11) is 5.50. The fourth-order valence-corrected chi connectivity index (χ4v) is 4.33. The van der Waals surface area contributed by atoms with Gasteiger partial charge in [-0.2, -0.15) is 0 Å². The molecule has 1 N–H and O–H groups in total. The van der Waals surface area contributed by atoms with Gasteiger partial charge in [0.15, 0.2) is 5.76 Å². The summed E-state index contributed by atoms with van der Waals surface area (Å²) >= 11 is 0. The molecular formula is C25H28N4O4. The first-order chi connectivity index (χ1) is 15.8. The van der Waals surface area contributed by atoms with Crippen molar-refractivity contribution in [1.29, 1.82) is 0 Å². The second kappa shape index (κ2) is 9.07. The van der Waals surface area contributed by atoms with Crippen molar-refractivity contribution in [3.63, 3.8) is 0 Å². The summed E-state index contributed by atoms with van der Waals surface area (Å²) in [6, 6.07) is 12.0. The van der Waals surface area contributed by atoms with Crippen LogP contribution in [-0.2, 0) is 9.59 Å². The van der Waals surface area contributed by atoms with Crippen LogP contribution in [0.4, 0.5) is 0 Å². The molecule has 1 fully saturated rings. The minimum absolute atomic E-state index is 0.0729. The van der Waals surface area contributed by atoms with Crippen molar-refractivity contribution in [3.8, 4) is 5.75 Å². The maximum atomic E-state index is 13.2. The number of fused-ring (bicyclic) bond motifs is 1. The number of amides is 1. The number of likely N-dealkylation sites (tertiary alicyclic amines) is 1. The van der Waals surface area contributed by atoms with Gasteiger partial charge in [-0.25, -0.2) is 4.98 Å². The number of aromatic nitrogens is 2. The third-order valence-corrected chi connectivity index (χ3v) is 5.90. The van der Waals surface area contributed by atoms with Gasteiger partial charge in [0.2, 0.25) is 0 Å². The molecule has 33 heavy (non-hydrogen) atoms. The van der Waals surface area contributed by atoms with Gasteiger partial charge in [0, 0.05) is 12.7 Å². The average molecular weight is 449 g/mol. The molecule has 1 aliphatic rings. The number of pyridine rings is 1. The molecule has 8 heteroatoms. The number of ether oxygens (including phenoxy) is 1. The highest BCUT2D eigenvalue weighted by Crippen LogP contribution is 2.40. The Labute approximate surface area is 192 Å². The van der Waals surface area contributed by atoms with Gasteiger partial charge in [-0.15, -0.1) is 0 Å².